The number of hydrogen-bond acceptors (Lipinski definition) is 5. The highest BCUT2D eigenvalue weighted by atomic mass is 16.5. The molecule has 1 fully saturated rings. The van der Waals surface area contributed by atoms with Crippen molar-refractivity contribution in [3.63, 3.8) is 0 Å². The van der Waals surface area contributed by atoms with Gasteiger partial charge < -0.3 is 26.2 Å². The van der Waals surface area contributed by atoms with Gasteiger partial charge in [-0.15, -0.1) is 0 Å². The van der Waals surface area contributed by atoms with Gasteiger partial charge in [0.15, 0.2) is 5.82 Å². The number of methoxy groups -OCH3 is 1. The number of anilines is 2. The molecule has 0 radical (unpaired) electrons. The lowest BCUT2D eigenvalue weighted by Gasteiger charge is -2.29. The van der Waals surface area contributed by atoms with E-state index in [2.05, 4.69) is 15.6 Å². The smallest absolute Gasteiger partial charge is 0.404 e. The van der Waals surface area contributed by atoms with E-state index in [1.807, 2.05) is 0 Å². The lowest BCUT2D eigenvalue weighted by atomic mass is 9.91. The van der Waals surface area contributed by atoms with Crippen molar-refractivity contribution >= 4 is 17.6 Å². The van der Waals surface area contributed by atoms with Crippen LogP contribution in [-0.2, 0) is 0 Å². The first-order chi connectivity index (χ1) is 9.58. The summed E-state index contributed by atoms with van der Waals surface area (Å²) in [7, 11) is 1.56. The van der Waals surface area contributed by atoms with Gasteiger partial charge in [-0.1, -0.05) is 0 Å². The van der Waals surface area contributed by atoms with E-state index in [0.29, 0.717) is 17.4 Å². The quantitative estimate of drug-likeness (QED) is 0.668. The molecule has 110 valence electrons. The minimum Gasteiger partial charge on any atom is -0.481 e. The molecule has 2 rings (SSSR count). The van der Waals surface area contributed by atoms with Gasteiger partial charge in [-0.05, 0) is 31.7 Å². The number of rotatable bonds is 4. The van der Waals surface area contributed by atoms with Crippen LogP contribution in [0.1, 0.15) is 25.7 Å². The fourth-order valence-electron chi connectivity index (χ4n) is 2.43. The van der Waals surface area contributed by atoms with Gasteiger partial charge in [-0.3, -0.25) is 0 Å². The van der Waals surface area contributed by atoms with E-state index in [1.165, 1.54) is 0 Å². The van der Waals surface area contributed by atoms with Crippen molar-refractivity contribution in [1.82, 2.24) is 10.3 Å². The molecule has 1 aliphatic rings. The third-order valence-electron chi connectivity index (χ3n) is 3.51. The van der Waals surface area contributed by atoms with Crippen molar-refractivity contribution in [3.8, 4) is 5.88 Å². The van der Waals surface area contributed by atoms with Crippen molar-refractivity contribution in [2.24, 2.45) is 0 Å². The minimum absolute atomic E-state index is 0.0427. The van der Waals surface area contributed by atoms with E-state index in [9.17, 15) is 4.79 Å². The molecule has 1 saturated carbocycles. The van der Waals surface area contributed by atoms with Crippen molar-refractivity contribution in [1.29, 1.82) is 0 Å². The summed E-state index contributed by atoms with van der Waals surface area (Å²) in [4.78, 5) is 14.9. The Bertz CT molecular complexity index is 473. The number of nitrogens with zero attached hydrogens (tertiary/aromatic N) is 1. The molecule has 7 heteroatoms. The molecule has 1 aromatic heterocycles. The summed E-state index contributed by atoms with van der Waals surface area (Å²) in [5, 5.41) is 14.5. The first-order valence-corrected chi connectivity index (χ1v) is 6.65. The Morgan fingerprint density at radius 2 is 2.00 bits per heavy atom. The number of nitrogen functional groups attached to an aromatic ring is 1. The highest BCUT2D eigenvalue weighted by Crippen LogP contribution is 2.25. The number of amides is 1. The number of carboxylic acid groups (broad SMARTS) is 1. The fraction of sp³-hybridized carbons (Fsp3) is 0.538. The summed E-state index contributed by atoms with van der Waals surface area (Å²) < 4.78 is 5.08. The Labute approximate surface area is 117 Å². The maximum absolute atomic E-state index is 10.6. The normalized spacial score (nSPS) is 22.1. The van der Waals surface area contributed by atoms with Crippen LogP contribution in [0.15, 0.2) is 12.1 Å². The number of ether oxygens (including phenoxy) is 1. The van der Waals surface area contributed by atoms with Crippen molar-refractivity contribution in [2.45, 2.75) is 37.8 Å². The van der Waals surface area contributed by atoms with Crippen LogP contribution in [0, 0.1) is 0 Å². The van der Waals surface area contributed by atoms with Gasteiger partial charge in [-0.2, -0.15) is 4.98 Å². The lowest BCUT2D eigenvalue weighted by molar-refractivity contribution is 0.185. The third kappa shape index (κ3) is 3.66. The van der Waals surface area contributed by atoms with Crippen LogP contribution in [0.4, 0.5) is 16.3 Å². The maximum atomic E-state index is 10.6. The zero-order chi connectivity index (χ0) is 14.5. The van der Waals surface area contributed by atoms with E-state index >= 15 is 0 Å². The molecule has 5 N–H and O–H groups in total. The molecule has 0 atom stereocenters. The molecule has 0 unspecified atom stereocenters. The topological polar surface area (TPSA) is 110 Å². The van der Waals surface area contributed by atoms with Gasteiger partial charge in [0.2, 0.25) is 5.88 Å². The molecular weight excluding hydrogens is 260 g/mol. The molecule has 0 aromatic carbocycles. The number of hydrogen-bond donors (Lipinski definition) is 4. The summed E-state index contributed by atoms with van der Waals surface area (Å²) in [6.45, 7) is 0. The van der Waals surface area contributed by atoms with Crippen molar-refractivity contribution in [2.75, 3.05) is 18.2 Å². The SMILES string of the molecule is COc1ccc(N)c(NC2CCC(NC(=O)O)CC2)n1. The average molecular weight is 280 g/mol. The summed E-state index contributed by atoms with van der Waals surface area (Å²) in [5.41, 5.74) is 6.46. The van der Waals surface area contributed by atoms with E-state index < -0.39 is 6.09 Å². The van der Waals surface area contributed by atoms with Gasteiger partial charge in [0.1, 0.15) is 0 Å². The first kappa shape index (κ1) is 14.2. The second-order valence-corrected chi connectivity index (χ2v) is 4.93. The van der Waals surface area contributed by atoms with Crippen LogP contribution in [0.25, 0.3) is 0 Å². The van der Waals surface area contributed by atoms with Gasteiger partial charge in [0, 0.05) is 18.2 Å². The molecule has 20 heavy (non-hydrogen) atoms. The molecule has 0 bridgehead atoms. The molecule has 1 amide bonds. The maximum Gasteiger partial charge on any atom is 0.404 e. The summed E-state index contributed by atoms with van der Waals surface area (Å²) in [6.07, 6.45) is 2.42. The Kier molecular flexibility index (Phi) is 4.49. The van der Waals surface area contributed by atoms with Gasteiger partial charge in [0.05, 0.1) is 12.8 Å². The number of aromatic nitrogens is 1. The molecule has 1 aromatic rings. The molecule has 0 aliphatic heterocycles. The molecule has 0 saturated heterocycles. The van der Waals surface area contributed by atoms with Crippen LogP contribution < -0.4 is 21.1 Å². The zero-order valence-electron chi connectivity index (χ0n) is 11.4. The fourth-order valence-corrected chi connectivity index (χ4v) is 2.43. The molecular formula is C13H20N4O3. The predicted molar refractivity (Wildman–Crippen MR) is 76.0 cm³/mol. The van der Waals surface area contributed by atoms with E-state index in [0.717, 1.165) is 25.7 Å². The second kappa shape index (κ2) is 6.31. The Hall–Kier alpha value is -2.18. The number of pyridine rings is 1. The number of nitrogens with two attached hydrogens (primary N) is 1. The third-order valence-corrected chi connectivity index (χ3v) is 3.51. The first-order valence-electron chi connectivity index (χ1n) is 6.65. The highest BCUT2D eigenvalue weighted by molar-refractivity contribution is 5.65. The molecule has 7 nitrogen and oxygen atoms in total. The van der Waals surface area contributed by atoms with Gasteiger partial charge in [-0.25, -0.2) is 4.79 Å². The molecule has 1 aliphatic carbocycles. The van der Waals surface area contributed by atoms with E-state index in [-0.39, 0.29) is 12.1 Å². The molecule has 0 spiro atoms. The van der Waals surface area contributed by atoms with E-state index in [4.69, 9.17) is 15.6 Å². The summed E-state index contributed by atoms with van der Waals surface area (Å²) in [5.74, 6) is 1.14. The van der Waals surface area contributed by atoms with Gasteiger partial charge >= 0.3 is 6.09 Å². The predicted octanol–water partition coefficient (Wildman–Crippen LogP) is 1.66. The van der Waals surface area contributed by atoms with Crippen LogP contribution >= 0.6 is 0 Å². The summed E-state index contributed by atoms with van der Waals surface area (Å²) >= 11 is 0. The lowest BCUT2D eigenvalue weighted by Crippen LogP contribution is -2.39. The van der Waals surface area contributed by atoms with Crippen LogP contribution in [-0.4, -0.2) is 35.4 Å². The minimum atomic E-state index is -0.958. The highest BCUT2D eigenvalue weighted by Gasteiger charge is 2.22. The monoisotopic (exact) mass is 280 g/mol. The standard InChI is InChI=1S/C13H20N4O3/c1-20-11-7-6-10(14)12(17-11)15-8-2-4-9(5-3-8)16-13(18)19/h6-9,16H,2-5,14H2,1H3,(H,15,17)(H,18,19). The Morgan fingerprint density at radius 3 is 2.60 bits per heavy atom. The van der Waals surface area contributed by atoms with Crippen molar-refractivity contribution in [3.05, 3.63) is 12.1 Å². The number of nitrogens with one attached hydrogen (secondary N) is 2. The van der Waals surface area contributed by atoms with Crippen molar-refractivity contribution < 1.29 is 14.6 Å². The van der Waals surface area contributed by atoms with Crippen LogP contribution in [0.5, 0.6) is 5.88 Å². The Balaban J connectivity index is 1.90. The van der Waals surface area contributed by atoms with E-state index in [1.54, 1.807) is 19.2 Å². The molecule has 1 heterocycles. The summed E-state index contributed by atoms with van der Waals surface area (Å²) in [6, 6.07) is 3.77. The van der Waals surface area contributed by atoms with Gasteiger partial charge in [0.25, 0.3) is 0 Å². The number of carbonyl (C=O) groups is 1. The van der Waals surface area contributed by atoms with Crippen LogP contribution in [0.3, 0.4) is 0 Å². The van der Waals surface area contributed by atoms with Crippen LogP contribution in [0.2, 0.25) is 0 Å². The second-order valence-electron chi connectivity index (χ2n) is 4.93. The largest absolute Gasteiger partial charge is 0.481 e. The zero-order valence-corrected chi connectivity index (χ0v) is 11.4. The Morgan fingerprint density at radius 1 is 1.35 bits per heavy atom. The average Bonchev–Trinajstić information content (AvgIpc) is 2.43.